The van der Waals surface area contributed by atoms with Crippen molar-refractivity contribution in [2.24, 2.45) is 0 Å². The van der Waals surface area contributed by atoms with E-state index in [9.17, 15) is 9.90 Å². The Bertz CT molecular complexity index is 565. The highest BCUT2D eigenvalue weighted by atomic mass is 16.5. The molecule has 1 saturated carbocycles. The number of aliphatic hydroxyl groups excluding tert-OH is 1. The van der Waals surface area contributed by atoms with E-state index in [4.69, 9.17) is 4.74 Å². The summed E-state index contributed by atoms with van der Waals surface area (Å²) in [6, 6.07) is 0. The molecule has 2 fully saturated rings. The summed E-state index contributed by atoms with van der Waals surface area (Å²) in [6.45, 7) is 2.09. The van der Waals surface area contributed by atoms with Crippen LogP contribution in [0.5, 0.6) is 5.88 Å². The molecule has 0 bridgehead atoms. The van der Waals surface area contributed by atoms with Gasteiger partial charge in [0.15, 0.2) is 0 Å². The van der Waals surface area contributed by atoms with E-state index in [0.29, 0.717) is 37.4 Å². The third-order valence-electron chi connectivity index (χ3n) is 5.18. The van der Waals surface area contributed by atoms with Crippen molar-refractivity contribution in [2.45, 2.75) is 56.7 Å². The van der Waals surface area contributed by atoms with Crippen molar-refractivity contribution in [1.82, 2.24) is 14.7 Å². The van der Waals surface area contributed by atoms with E-state index in [1.165, 1.54) is 0 Å². The van der Waals surface area contributed by atoms with Gasteiger partial charge < -0.3 is 14.7 Å². The molecule has 1 amide bonds. The summed E-state index contributed by atoms with van der Waals surface area (Å²) in [5, 5.41) is 14.2. The predicted octanol–water partition coefficient (Wildman–Crippen LogP) is 1.19. The number of aryl methyl sites for hydroxylation is 1. The SMILES string of the molecule is O=C(c1cnn2c1OCCC2)N1CCC(O)CC12CCC2. The quantitative estimate of drug-likeness (QED) is 0.844. The van der Waals surface area contributed by atoms with Gasteiger partial charge in [0.25, 0.3) is 5.91 Å². The van der Waals surface area contributed by atoms with Gasteiger partial charge in [-0.1, -0.05) is 0 Å². The van der Waals surface area contributed by atoms with E-state index in [1.807, 2.05) is 4.90 Å². The van der Waals surface area contributed by atoms with Crippen LogP contribution in [-0.4, -0.2) is 50.5 Å². The molecule has 1 unspecified atom stereocenters. The van der Waals surface area contributed by atoms with Crippen molar-refractivity contribution in [3.05, 3.63) is 11.8 Å². The number of aromatic nitrogens is 2. The number of ether oxygens (including phenoxy) is 1. The Kier molecular flexibility index (Phi) is 2.96. The number of amides is 1. The molecule has 1 N–H and O–H groups in total. The van der Waals surface area contributed by atoms with Gasteiger partial charge in [0.05, 0.1) is 18.9 Å². The minimum Gasteiger partial charge on any atom is -0.477 e. The summed E-state index contributed by atoms with van der Waals surface area (Å²) in [7, 11) is 0. The van der Waals surface area contributed by atoms with Crippen LogP contribution in [0, 0.1) is 0 Å². The lowest BCUT2D eigenvalue weighted by Gasteiger charge is -2.54. The molecule has 21 heavy (non-hydrogen) atoms. The Morgan fingerprint density at radius 1 is 1.38 bits per heavy atom. The molecule has 6 heteroatoms. The fraction of sp³-hybridized carbons (Fsp3) is 0.733. The largest absolute Gasteiger partial charge is 0.477 e. The molecule has 0 radical (unpaired) electrons. The lowest BCUT2D eigenvalue weighted by atomic mass is 9.69. The first-order valence-electron chi connectivity index (χ1n) is 7.88. The van der Waals surface area contributed by atoms with E-state index in [0.717, 1.165) is 32.2 Å². The highest BCUT2D eigenvalue weighted by molar-refractivity contribution is 5.97. The van der Waals surface area contributed by atoms with Crippen molar-refractivity contribution in [3.63, 3.8) is 0 Å². The molecule has 114 valence electrons. The Morgan fingerprint density at radius 2 is 2.24 bits per heavy atom. The summed E-state index contributed by atoms with van der Waals surface area (Å²) in [4.78, 5) is 14.9. The van der Waals surface area contributed by atoms with E-state index in [-0.39, 0.29) is 17.6 Å². The van der Waals surface area contributed by atoms with Crippen LogP contribution in [0.15, 0.2) is 6.20 Å². The summed E-state index contributed by atoms with van der Waals surface area (Å²) in [5.41, 5.74) is 0.454. The second-order valence-corrected chi connectivity index (χ2v) is 6.47. The van der Waals surface area contributed by atoms with Crippen LogP contribution in [0.4, 0.5) is 0 Å². The smallest absolute Gasteiger partial charge is 0.261 e. The van der Waals surface area contributed by atoms with Crippen molar-refractivity contribution in [2.75, 3.05) is 13.2 Å². The molecule has 6 nitrogen and oxygen atoms in total. The zero-order valence-electron chi connectivity index (χ0n) is 12.1. The first kappa shape index (κ1) is 13.1. The molecule has 0 aromatic carbocycles. The van der Waals surface area contributed by atoms with E-state index < -0.39 is 0 Å². The van der Waals surface area contributed by atoms with Crippen LogP contribution in [0.2, 0.25) is 0 Å². The Labute approximate surface area is 123 Å². The molecular formula is C15H21N3O3. The first-order chi connectivity index (χ1) is 10.2. The molecule has 1 aliphatic carbocycles. The second kappa shape index (κ2) is 4.73. The Morgan fingerprint density at radius 3 is 3.00 bits per heavy atom. The lowest BCUT2D eigenvalue weighted by molar-refractivity contribution is -0.0485. The number of fused-ring (bicyclic) bond motifs is 1. The highest BCUT2D eigenvalue weighted by Gasteiger charge is 2.49. The van der Waals surface area contributed by atoms with Gasteiger partial charge in [0, 0.05) is 25.0 Å². The number of hydrogen-bond acceptors (Lipinski definition) is 4. The molecule has 1 aromatic heterocycles. The fourth-order valence-corrected chi connectivity index (χ4v) is 3.90. The number of carbonyl (C=O) groups is 1. The number of likely N-dealkylation sites (tertiary alicyclic amines) is 1. The van der Waals surface area contributed by atoms with Gasteiger partial charge in [0.1, 0.15) is 5.56 Å². The minimum absolute atomic E-state index is 0.0183. The lowest BCUT2D eigenvalue weighted by Crippen LogP contribution is -2.61. The first-order valence-corrected chi connectivity index (χ1v) is 7.88. The van der Waals surface area contributed by atoms with E-state index in [1.54, 1.807) is 10.9 Å². The van der Waals surface area contributed by atoms with Crippen LogP contribution in [0.3, 0.4) is 0 Å². The van der Waals surface area contributed by atoms with Gasteiger partial charge in [-0.3, -0.25) is 4.79 Å². The molecular weight excluding hydrogens is 270 g/mol. The monoisotopic (exact) mass is 291 g/mol. The zero-order chi connectivity index (χ0) is 14.4. The third kappa shape index (κ3) is 1.96. The fourth-order valence-electron chi connectivity index (χ4n) is 3.90. The van der Waals surface area contributed by atoms with Crippen molar-refractivity contribution < 1.29 is 14.6 Å². The topological polar surface area (TPSA) is 67.6 Å². The average molecular weight is 291 g/mol. The van der Waals surface area contributed by atoms with Crippen LogP contribution in [0.1, 0.15) is 48.9 Å². The van der Waals surface area contributed by atoms with Crippen molar-refractivity contribution in [1.29, 1.82) is 0 Å². The Hall–Kier alpha value is -1.56. The standard InChI is InChI=1S/C15H21N3O3/c19-11-3-7-17(15(9-11)4-1-5-15)13(20)12-10-16-18-6-2-8-21-14(12)18/h10-11,19H,1-9H2. The second-order valence-electron chi connectivity index (χ2n) is 6.47. The summed E-state index contributed by atoms with van der Waals surface area (Å²) >= 11 is 0. The van der Waals surface area contributed by atoms with Gasteiger partial charge in [0.2, 0.25) is 5.88 Å². The van der Waals surface area contributed by atoms with E-state index in [2.05, 4.69) is 5.10 Å². The summed E-state index contributed by atoms with van der Waals surface area (Å²) in [5.74, 6) is 0.636. The molecule has 1 atom stereocenters. The number of aliphatic hydroxyl groups is 1. The molecule has 1 saturated heterocycles. The van der Waals surface area contributed by atoms with Gasteiger partial charge in [-0.05, 0) is 32.1 Å². The highest BCUT2D eigenvalue weighted by Crippen LogP contribution is 2.45. The molecule has 3 heterocycles. The van der Waals surface area contributed by atoms with Gasteiger partial charge in [-0.2, -0.15) is 5.10 Å². The van der Waals surface area contributed by atoms with Crippen LogP contribution in [-0.2, 0) is 6.54 Å². The number of piperidine rings is 1. The van der Waals surface area contributed by atoms with Crippen LogP contribution in [0.25, 0.3) is 0 Å². The molecule has 3 aliphatic rings. The predicted molar refractivity (Wildman–Crippen MR) is 75.2 cm³/mol. The van der Waals surface area contributed by atoms with Crippen LogP contribution < -0.4 is 4.74 Å². The summed E-state index contributed by atoms with van der Waals surface area (Å²) in [6.07, 6.45) is 6.81. The third-order valence-corrected chi connectivity index (χ3v) is 5.18. The molecule has 4 rings (SSSR count). The maximum atomic E-state index is 13.0. The maximum absolute atomic E-state index is 13.0. The van der Waals surface area contributed by atoms with Gasteiger partial charge in [-0.15, -0.1) is 0 Å². The maximum Gasteiger partial charge on any atom is 0.261 e. The average Bonchev–Trinajstić information content (AvgIpc) is 2.88. The molecule has 1 spiro atoms. The molecule has 2 aliphatic heterocycles. The minimum atomic E-state index is -0.272. The van der Waals surface area contributed by atoms with Crippen molar-refractivity contribution >= 4 is 5.91 Å². The zero-order valence-corrected chi connectivity index (χ0v) is 12.1. The summed E-state index contributed by atoms with van der Waals surface area (Å²) < 4.78 is 7.43. The number of hydrogen-bond donors (Lipinski definition) is 1. The van der Waals surface area contributed by atoms with Gasteiger partial charge >= 0.3 is 0 Å². The van der Waals surface area contributed by atoms with E-state index >= 15 is 0 Å². The Balaban J connectivity index is 1.63. The van der Waals surface area contributed by atoms with Crippen molar-refractivity contribution in [3.8, 4) is 5.88 Å². The number of nitrogens with zero attached hydrogens (tertiary/aromatic N) is 3. The van der Waals surface area contributed by atoms with Crippen LogP contribution >= 0.6 is 0 Å². The molecule has 1 aromatic rings. The van der Waals surface area contributed by atoms with Gasteiger partial charge in [-0.25, -0.2) is 4.68 Å². The normalized spacial score (nSPS) is 26.9. The number of rotatable bonds is 1. The number of carbonyl (C=O) groups excluding carboxylic acids is 1.